The van der Waals surface area contributed by atoms with Crippen LogP contribution in [-0.4, -0.2) is 20.4 Å². The minimum atomic E-state index is -4.21. The number of rotatable bonds is 5. The molecule has 1 aromatic carbocycles. The number of nitrogens with two attached hydrogens (primary N) is 1. The minimum Gasteiger partial charge on any atom is -0.493 e. The molecule has 1 rings (SSSR count). The van der Waals surface area contributed by atoms with Gasteiger partial charge in [0.1, 0.15) is 0 Å². The summed E-state index contributed by atoms with van der Waals surface area (Å²) in [4.78, 5) is 0. The van der Waals surface area contributed by atoms with Gasteiger partial charge in [-0.2, -0.15) is 13.2 Å². The van der Waals surface area contributed by atoms with E-state index in [0.717, 1.165) is 0 Å². The Kier molecular flexibility index (Phi) is 5.49. The Morgan fingerprint density at radius 3 is 2.21 bits per heavy atom. The van der Waals surface area contributed by atoms with Gasteiger partial charge in [-0.25, -0.2) is 0 Å². The lowest BCUT2D eigenvalue weighted by Crippen LogP contribution is -2.16. The molecule has 0 saturated heterocycles. The Balaban J connectivity index is 2.93. The maximum absolute atomic E-state index is 12.2. The predicted molar refractivity (Wildman–Crippen MR) is 69.5 cm³/mol. The van der Waals surface area contributed by atoms with Gasteiger partial charge < -0.3 is 15.2 Å². The molecule has 0 aromatic heterocycles. The van der Waals surface area contributed by atoms with E-state index in [1.807, 2.05) is 0 Å². The molecule has 0 fully saturated rings. The van der Waals surface area contributed by atoms with Crippen molar-refractivity contribution in [3.63, 3.8) is 0 Å². The second kappa shape index (κ2) is 6.47. The van der Waals surface area contributed by atoms with Crippen LogP contribution in [0.25, 0.3) is 0 Å². The minimum absolute atomic E-state index is 0.183. The van der Waals surface area contributed by atoms with Crippen molar-refractivity contribution >= 4 is 15.9 Å². The van der Waals surface area contributed by atoms with Crippen LogP contribution in [0.2, 0.25) is 0 Å². The second-order valence-electron chi connectivity index (χ2n) is 3.99. The van der Waals surface area contributed by atoms with Crippen molar-refractivity contribution in [3.8, 4) is 11.5 Å². The Morgan fingerprint density at radius 1 is 1.21 bits per heavy atom. The molecule has 7 heteroatoms. The van der Waals surface area contributed by atoms with Gasteiger partial charge in [0, 0.05) is 16.9 Å². The van der Waals surface area contributed by atoms with Crippen molar-refractivity contribution in [1.29, 1.82) is 0 Å². The summed E-state index contributed by atoms with van der Waals surface area (Å²) >= 11 is 3.28. The number of methoxy groups -OCH3 is 2. The zero-order valence-corrected chi connectivity index (χ0v) is 12.1. The van der Waals surface area contributed by atoms with Gasteiger partial charge in [-0.1, -0.05) is 15.9 Å². The van der Waals surface area contributed by atoms with Crippen LogP contribution in [0.4, 0.5) is 13.2 Å². The molecule has 0 radical (unpaired) electrons. The Labute approximate surface area is 118 Å². The normalized spacial score (nSPS) is 13.2. The first-order valence-electron chi connectivity index (χ1n) is 5.52. The number of ether oxygens (including phenoxy) is 2. The fraction of sp³-hybridized carbons (Fsp3) is 0.500. The molecule has 2 N–H and O–H groups in total. The molecule has 0 aliphatic carbocycles. The standard InChI is InChI=1S/C12H15BrF3NO2/c1-18-10-5-7(8(13)6-11(10)19-2)9(17)3-4-12(14,15)16/h5-6,9H,3-4,17H2,1-2H3/t9-/m1/s1. The zero-order chi connectivity index (χ0) is 14.6. The predicted octanol–water partition coefficient (Wildman–Crippen LogP) is 3.81. The molecule has 0 spiro atoms. The van der Waals surface area contributed by atoms with E-state index >= 15 is 0 Å². The maximum atomic E-state index is 12.2. The first-order chi connectivity index (χ1) is 8.78. The summed E-state index contributed by atoms with van der Waals surface area (Å²) in [7, 11) is 2.93. The highest BCUT2D eigenvalue weighted by Gasteiger charge is 2.28. The van der Waals surface area contributed by atoms with Crippen LogP contribution in [0.3, 0.4) is 0 Å². The quantitative estimate of drug-likeness (QED) is 0.885. The topological polar surface area (TPSA) is 44.5 Å². The van der Waals surface area contributed by atoms with Gasteiger partial charge in [0.2, 0.25) is 0 Å². The van der Waals surface area contributed by atoms with Crippen LogP contribution >= 0.6 is 15.9 Å². The van der Waals surface area contributed by atoms with Crippen molar-refractivity contribution in [1.82, 2.24) is 0 Å². The lowest BCUT2D eigenvalue weighted by molar-refractivity contribution is -0.136. The average Bonchev–Trinajstić information content (AvgIpc) is 2.34. The highest BCUT2D eigenvalue weighted by atomic mass is 79.9. The number of benzene rings is 1. The maximum Gasteiger partial charge on any atom is 0.389 e. The Bertz CT molecular complexity index is 438. The summed E-state index contributed by atoms with van der Waals surface area (Å²) in [5, 5.41) is 0. The molecule has 0 unspecified atom stereocenters. The average molecular weight is 342 g/mol. The Morgan fingerprint density at radius 2 is 1.74 bits per heavy atom. The smallest absolute Gasteiger partial charge is 0.389 e. The third-order valence-corrected chi connectivity index (χ3v) is 3.33. The first kappa shape index (κ1) is 16.1. The van der Waals surface area contributed by atoms with Crippen LogP contribution in [0.1, 0.15) is 24.4 Å². The van der Waals surface area contributed by atoms with Crippen molar-refractivity contribution < 1.29 is 22.6 Å². The monoisotopic (exact) mass is 341 g/mol. The molecule has 3 nitrogen and oxygen atoms in total. The molecule has 0 saturated carbocycles. The lowest BCUT2D eigenvalue weighted by atomic mass is 10.0. The number of hydrogen-bond acceptors (Lipinski definition) is 3. The zero-order valence-electron chi connectivity index (χ0n) is 10.6. The molecule has 0 heterocycles. The Hall–Kier alpha value is -0.950. The third kappa shape index (κ3) is 4.58. The van der Waals surface area contributed by atoms with Gasteiger partial charge >= 0.3 is 6.18 Å². The van der Waals surface area contributed by atoms with Crippen LogP contribution < -0.4 is 15.2 Å². The summed E-state index contributed by atoms with van der Waals surface area (Å²) in [6.45, 7) is 0. The molecule has 0 aliphatic rings. The molecular formula is C12H15BrF3NO2. The lowest BCUT2D eigenvalue weighted by Gasteiger charge is -2.17. The van der Waals surface area contributed by atoms with Crippen LogP contribution in [0.15, 0.2) is 16.6 Å². The third-order valence-electron chi connectivity index (χ3n) is 2.64. The summed E-state index contributed by atoms with van der Waals surface area (Å²) in [6.07, 6.45) is -5.31. The van der Waals surface area contributed by atoms with Gasteiger partial charge in [-0.05, 0) is 24.1 Å². The van der Waals surface area contributed by atoms with E-state index in [1.165, 1.54) is 14.2 Å². The summed E-state index contributed by atoms with van der Waals surface area (Å²) in [5.41, 5.74) is 6.35. The van der Waals surface area contributed by atoms with Crippen LogP contribution in [0, 0.1) is 0 Å². The van der Waals surface area contributed by atoms with Gasteiger partial charge in [0.05, 0.1) is 14.2 Å². The first-order valence-corrected chi connectivity index (χ1v) is 6.31. The van der Waals surface area contributed by atoms with E-state index in [2.05, 4.69) is 15.9 Å². The fourth-order valence-electron chi connectivity index (χ4n) is 1.63. The van der Waals surface area contributed by atoms with Crippen LogP contribution in [0.5, 0.6) is 11.5 Å². The van der Waals surface area contributed by atoms with Gasteiger partial charge in [0.25, 0.3) is 0 Å². The van der Waals surface area contributed by atoms with E-state index in [9.17, 15) is 13.2 Å². The number of halogens is 4. The van der Waals surface area contributed by atoms with E-state index in [4.69, 9.17) is 15.2 Å². The number of hydrogen-bond donors (Lipinski definition) is 1. The molecule has 0 bridgehead atoms. The van der Waals surface area contributed by atoms with Crippen molar-refractivity contribution in [2.45, 2.75) is 25.1 Å². The molecule has 0 aliphatic heterocycles. The summed E-state index contributed by atoms with van der Waals surface area (Å²) < 4.78 is 47.3. The van der Waals surface area contributed by atoms with Gasteiger partial charge in [-0.3, -0.25) is 0 Å². The highest BCUT2D eigenvalue weighted by Crippen LogP contribution is 2.37. The van der Waals surface area contributed by atoms with Gasteiger partial charge in [-0.15, -0.1) is 0 Å². The van der Waals surface area contributed by atoms with Crippen molar-refractivity contribution in [3.05, 3.63) is 22.2 Å². The van der Waals surface area contributed by atoms with E-state index < -0.39 is 18.6 Å². The van der Waals surface area contributed by atoms with E-state index in [1.54, 1.807) is 12.1 Å². The van der Waals surface area contributed by atoms with Crippen molar-refractivity contribution in [2.75, 3.05) is 14.2 Å². The molecule has 1 atom stereocenters. The fourth-order valence-corrected chi connectivity index (χ4v) is 2.25. The SMILES string of the molecule is COc1cc(Br)c([C@H](N)CCC(F)(F)F)cc1OC. The summed E-state index contributed by atoms with van der Waals surface area (Å²) in [6, 6.07) is 2.49. The van der Waals surface area contributed by atoms with Crippen LogP contribution in [-0.2, 0) is 0 Å². The van der Waals surface area contributed by atoms with E-state index in [-0.39, 0.29) is 6.42 Å². The molecule has 108 valence electrons. The highest BCUT2D eigenvalue weighted by molar-refractivity contribution is 9.10. The van der Waals surface area contributed by atoms with Crippen molar-refractivity contribution in [2.24, 2.45) is 5.73 Å². The summed E-state index contributed by atoms with van der Waals surface area (Å²) in [5.74, 6) is 0.921. The molecule has 19 heavy (non-hydrogen) atoms. The second-order valence-corrected chi connectivity index (χ2v) is 4.84. The van der Waals surface area contributed by atoms with E-state index in [0.29, 0.717) is 21.5 Å². The molecule has 1 aromatic rings. The largest absolute Gasteiger partial charge is 0.493 e. The molecule has 0 amide bonds. The van der Waals surface area contributed by atoms with Gasteiger partial charge in [0.15, 0.2) is 11.5 Å². The number of alkyl halides is 3. The molecular weight excluding hydrogens is 327 g/mol.